The monoisotopic (exact) mass is 396 g/mol. The second kappa shape index (κ2) is 9.29. The van der Waals surface area contributed by atoms with Crippen LogP contribution in [0.25, 0.3) is 0 Å². The van der Waals surface area contributed by atoms with E-state index in [-0.39, 0.29) is 24.8 Å². The second-order valence-corrected chi connectivity index (χ2v) is 7.57. The molecule has 2 aromatic carbocycles. The molecule has 0 amide bonds. The molecule has 2 heterocycles. The molecule has 2 aliphatic heterocycles. The van der Waals surface area contributed by atoms with Gasteiger partial charge in [0, 0.05) is 20.0 Å². The van der Waals surface area contributed by atoms with Crippen molar-refractivity contribution in [2.24, 2.45) is 0 Å². The lowest BCUT2D eigenvalue weighted by atomic mass is 10.0. The third-order valence-corrected chi connectivity index (χ3v) is 5.35. The Kier molecular flexibility index (Phi) is 6.32. The van der Waals surface area contributed by atoms with Gasteiger partial charge < -0.3 is 24.8 Å². The Hall–Kier alpha value is -2.57. The van der Waals surface area contributed by atoms with Crippen LogP contribution in [-0.2, 0) is 22.5 Å². The van der Waals surface area contributed by atoms with Gasteiger partial charge in [0.25, 0.3) is 0 Å². The first kappa shape index (κ1) is 19.7. The smallest absolute Gasteiger partial charge is 0.302 e. The van der Waals surface area contributed by atoms with Crippen LogP contribution in [0.1, 0.15) is 36.1 Å². The van der Waals surface area contributed by atoms with Crippen molar-refractivity contribution in [3.8, 4) is 11.5 Å². The van der Waals surface area contributed by atoms with Crippen LogP contribution in [0.2, 0.25) is 0 Å². The lowest BCUT2D eigenvalue weighted by Crippen LogP contribution is -2.23. The molecule has 1 saturated heterocycles. The van der Waals surface area contributed by atoms with Crippen LogP contribution < -0.4 is 20.1 Å². The minimum absolute atomic E-state index is 0.164. The van der Waals surface area contributed by atoms with Gasteiger partial charge in [-0.15, -0.1) is 0 Å². The predicted molar refractivity (Wildman–Crippen MR) is 110 cm³/mol. The van der Waals surface area contributed by atoms with Gasteiger partial charge in [-0.25, -0.2) is 0 Å². The maximum Gasteiger partial charge on any atom is 0.302 e. The first-order chi connectivity index (χ1) is 14.2. The van der Waals surface area contributed by atoms with E-state index in [9.17, 15) is 4.79 Å². The van der Waals surface area contributed by atoms with Crippen molar-refractivity contribution in [2.75, 3.05) is 26.2 Å². The number of fused-ring (bicyclic) bond motifs is 1. The standard InChI is InChI=1S/C23H28N2O4/c1-16(26)27-15-23(29-21-7-2-17-8-10-24-13-19(17)12-21)18-3-5-20(6-4-18)28-22-9-11-25-14-22/h2-7,12,22-25H,8-11,13-15H2,1H3/t22-,23?/m0/s1. The normalized spacial score (nSPS) is 19.3. The topological polar surface area (TPSA) is 68.8 Å². The molecule has 4 rings (SSSR count). The average molecular weight is 396 g/mol. The highest BCUT2D eigenvalue weighted by molar-refractivity contribution is 5.65. The molecule has 29 heavy (non-hydrogen) atoms. The van der Waals surface area contributed by atoms with E-state index in [1.54, 1.807) is 0 Å². The summed E-state index contributed by atoms with van der Waals surface area (Å²) < 4.78 is 17.5. The minimum Gasteiger partial charge on any atom is -0.489 e. The summed E-state index contributed by atoms with van der Waals surface area (Å²) in [5, 5.41) is 6.69. The van der Waals surface area contributed by atoms with E-state index in [2.05, 4.69) is 22.8 Å². The van der Waals surface area contributed by atoms with Gasteiger partial charge in [-0.05, 0) is 66.9 Å². The van der Waals surface area contributed by atoms with E-state index < -0.39 is 0 Å². The van der Waals surface area contributed by atoms with Gasteiger partial charge >= 0.3 is 5.97 Å². The van der Waals surface area contributed by atoms with Crippen LogP contribution in [-0.4, -0.2) is 38.3 Å². The molecule has 1 unspecified atom stereocenters. The van der Waals surface area contributed by atoms with E-state index in [4.69, 9.17) is 14.2 Å². The molecule has 0 aliphatic carbocycles. The Morgan fingerprint density at radius 2 is 1.90 bits per heavy atom. The molecule has 1 fully saturated rings. The Balaban J connectivity index is 1.48. The molecule has 0 aromatic heterocycles. The van der Waals surface area contributed by atoms with Crippen molar-refractivity contribution in [2.45, 2.75) is 38.5 Å². The highest BCUT2D eigenvalue weighted by atomic mass is 16.6. The molecule has 0 saturated carbocycles. The highest BCUT2D eigenvalue weighted by Gasteiger charge is 2.19. The summed E-state index contributed by atoms with van der Waals surface area (Å²) >= 11 is 0. The summed E-state index contributed by atoms with van der Waals surface area (Å²) in [4.78, 5) is 11.4. The molecular formula is C23H28N2O4. The fourth-order valence-electron chi connectivity index (χ4n) is 3.77. The van der Waals surface area contributed by atoms with E-state index in [1.807, 2.05) is 30.3 Å². The summed E-state index contributed by atoms with van der Waals surface area (Å²) in [5.74, 6) is 1.30. The largest absolute Gasteiger partial charge is 0.489 e. The molecule has 2 aromatic rings. The summed E-state index contributed by atoms with van der Waals surface area (Å²) in [7, 11) is 0. The van der Waals surface area contributed by atoms with Crippen LogP contribution in [0.4, 0.5) is 0 Å². The second-order valence-electron chi connectivity index (χ2n) is 7.57. The molecule has 0 bridgehead atoms. The Bertz CT molecular complexity index is 831. The number of hydrogen-bond donors (Lipinski definition) is 2. The number of rotatable bonds is 7. The predicted octanol–water partition coefficient (Wildman–Crippen LogP) is 2.76. The van der Waals surface area contributed by atoms with Crippen molar-refractivity contribution < 1.29 is 19.0 Å². The van der Waals surface area contributed by atoms with Crippen LogP contribution in [0.5, 0.6) is 11.5 Å². The van der Waals surface area contributed by atoms with Gasteiger partial charge in [0.15, 0.2) is 6.10 Å². The minimum atomic E-state index is -0.379. The Labute approximate surface area is 171 Å². The zero-order valence-electron chi connectivity index (χ0n) is 16.8. The fraction of sp³-hybridized carbons (Fsp3) is 0.435. The molecule has 0 spiro atoms. The summed E-state index contributed by atoms with van der Waals surface area (Å²) in [6.07, 6.45) is 1.89. The number of esters is 1. The number of nitrogens with one attached hydrogen (secondary N) is 2. The van der Waals surface area contributed by atoms with Crippen molar-refractivity contribution in [1.82, 2.24) is 10.6 Å². The molecule has 2 N–H and O–H groups in total. The fourth-order valence-corrected chi connectivity index (χ4v) is 3.77. The third kappa shape index (κ3) is 5.28. The maximum atomic E-state index is 11.4. The van der Waals surface area contributed by atoms with Crippen molar-refractivity contribution in [3.05, 3.63) is 59.2 Å². The lowest BCUT2D eigenvalue weighted by molar-refractivity contribution is -0.143. The van der Waals surface area contributed by atoms with Gasteiger partial charge in [0.1, 0.15) is 24.2 Å². The van der Waals surface area contributed by atoms with Crippen LogP contribution in [0.3, 0.4) is 0 Å². The van der Waals surface area contributed by atoms with Crippen LogP contribution in [0, 0.1) is 0 Å². The van der Waals surface area contributed by atoms with Gasteiger partial charge in [-0.2, -0.15) is 0 Å². The van der Waals surface area contributed by atoms with Crippen LogP contribution >= 0.6 is 0 Å². The Morgan fingerprint density at radius 3 is 2.66 bits per heavy atom. The van der Waals surface area contributed by atoms with E-state index in [0.717, 1.165) is 56.1 Å². The number of ether oxygens (including phenoxy) is 3. The third-order valence-electron chi connectivity index (χ3n) is 5.35. The number of carbonyl (C=O) groups excluding carboxylic acids is 1. The highest BCUT2D eigenvalue weighted by Crippen LogP contribution is 2.27. The average Bonchev–Trinajstić information content (AvgIpc) is 3.24. The maximum absolute atomic E-state index is 11.4. The molecule has 6 heteroatoms. The molecular weight excluding hydrogens is 368 g/mol. The molecule has 154 valence electrons. The van der Waals surface area contributed by atoms with Crippen molar-refractivity contribution in [3.63, 3.8) is 0 Å². The van der Waals surface area contributed by atoms with Crippen molar-refractivity contribution in [1.29, 1.82) is 0 Å². The summed E-state index contributed by atoms with van der Waals surface area (Å²) in [6.45, 7) is 5.31. The Morgan fingerprint density at radius 1 is 1.07 bits per heavy atom. The molecule has 2 atom stereocenters. The van der Waals surface area contributed by atoms with Gasteiger partial charge in [0.05, 0.1) is 0 Å². The van der Waals surface area contributed by atoms with E-state index in [0.29, 0.717) is 0 Å². The summed E-state index contributed by atoms with van der Waals surface area (Å²) in [6, 6.07) is 14.1. The first-order valence-corrected chi connectivity index (χ1v) is 10.3. The number of benzene rings is 2. The van der Waals surface area contributed by atoms with E-state index in [1.165, 1.54) is 18.1 Å². The number of carbonyl (C=O) groups is 1. The lowest BCUT2D eigenvalue weighted by Gasteiger charge is -2.22. The van der Waals surface area contributed by atoms with Gasteiger partial charge in [0.2, 0.25) is 0 Å². The quantitative estimate of drug-likeness (QED) is 0.702. The van der Waals surface area contributed by atoms with Crippen LogP contribution in [0.15, 0.2) is 42.5 Å². The van der Waals surface area contributed by atoms with Crippen molar-refractivity contribution >= 4 is 5.97 Å². The summed E-state index contributed by atoms with van der Waals surface area (Å²) in [5.41, 5.74) is 3.56. The van der Waals surface area contributed by atoms with Gasteiger partial charge in [-0.3, -0.25) is 4.79 Å². The first-order valence-electron chi connectivity index (χ1n) is 10.3. The van der Waals surface area contributed by atoms with Gasteiger partial charge in [-0.1, -0.05) is 18.2 Å². The van der Waals surface area contributed by atoms with E-state index >= 15 is 0 Å². The molecule has 0 radical (unpaired) electrons. The molecule has 2 aliphatic rings. The zero-order valence-corrected chi connectivity index (χ0v) is 16.8. The number of hydrogen-bond acceptors (Lipinski definition) is 6. The SMILES string of the molecule is CC(=O)OCC(Oc1ccc2c(c1)CNCC2)c1ccc(O[C@H]2CCNC2)cc1. The zero-order chi connectivity index (χ0) is 20.1. The molecule has 6 nitrogen and oxygen atoms in total.